The van der Waals surface area contributed by atoms with Crippen LogP contribution in [0.1, 0.15) is 37.2 Å². The van der Waals surface area contributed by atoms with Crippen molar-refractivity contribution in [2.45, 2.75) is 46.3 Å². The summed E-state index contributed by atoms with van der Waals surface area (Å²) >= 11 is 0. The SMILES string of the molecule is CCN(C(=O)[C@@H](C)OC(=O)/C=C/c1c(C)nn(C)c1C)[C@H]1CCS(=O)(=O)C1. The molecule has 2 heterocycles. The Kier molecular flexibility index (Phi) is 6.46. The predicted octanol–water partition coefficient (Wildman–Crippen LogP) is 1.02. The third-order valence-corrected chi connectivity index (χ3v) is 6.62. The van der Waals surface area contributed by atoms with E-state index in [-0.39, 0.29) is 23.5 Å². The quantitative estimate of drug-likeness (QED) is 0.525. The number of esters is 1. The van der Waals surface area contributed by atoms with E-state index in [1.54, 1.807) is 17.7 Å². The van der Waals surface area contributed by atoms with Gasteiger partial charge in [-0.2, -0.15) is 5.10 Å². The fraction of sp³-hybridized carbons (Fsp3) is 0.611. The molecule has 0 bridgehead atoms. The van der Waals surface area contributed by atoms with Gasteiger partial charge in [0.25, 0.3) is 5.91 Å². The van der Waals surface area contributed by atoms with Crippen LogP contribution in [-0.2, 0) is 31.2 Å². The molecule has 1 saturated heterocycles. The lowest BCUT2D eigenvalue weighted by atomic mass is 10.2. The number of sulfone groups is 1. The first-order chi connectivity index (χ1) is 12.6. The second kappa shape index (κ2) is 8.24. The van der Waals surface area contributed by atoms with Crippen molar-refractivity contribution in [2.75, 3.05) is 18.1 Å². The Balaban J connectivity index is 2.00. The second-order valence-electron chi connectivity index (χ2n) is 6.80. The first-order valence-corrected chi connectivity index (χ1v) is 10.8. The number of aromatic nitrogens is 2. The molecule has 8 nitrogen and oxygen atoms in total. The maximum Gasteiger partial charge on any atom is 0.331 e. The van der Waals surface area contributed by atoms with Crippen LogP contribution in [0.2, 0.25) is 0 Å². The molecule has 1 amide bonds. The van der Waals surface area contributed by atoms with Gasteiger partial charge in [0.2, 0.25) is 0 Å². The standard InChI is InChI=1S/C18H27N3O5S/c1-6-21(15-9-10-27(24,25)11-15)18(23)14(4)26-17(22)8-7-16-12(2)19-20(5)13(16)3/h7-8,14-15H,6,9-11H2,1-5H3/b8-7+/t14-,15+/m1/s1. The van der Waals surface area contributed by atoms with Gasteiger partial charge in [-0.25, -0.2) is 13.2 Å². The van der Waals surface area contributed by atoms with Crippen LogP contribution in [0.4, 0.5) is 0 Å². The van der Waals surface area contributed by atoms with Crippen LogP contribution in [0.15, 0.2) is 6.08 Å². The molecule has 27 heavy (non-hydrogen) atoms. The zero-order chi connectivity index (χ0) is 20.4. The molecule has 9 heteroatoms. The zero-order valence-electron chi connectivity index (χ0n) is 16.4. The van der Waals surface area contributed by atoms with Crippen molar-refractivity contribution < 1.29 is 22.7 Å². The lowest BCUT2D eigenvalue weighted by Crippen LogP contribution is -2.46. The van der Waals surface area contributed by atoms with Crippen molar-refractivity contribution in [2.24, 2.45) is 7.05 Å². The molecule has 150 valence electrons. The van der Waals surface area contributed by atoms with E-state index in [0.29, 0.717) is 13.0 Å². The number of rotatable bonds is 6. The highest BCUT2D eigenvalue weighted by atomic mass is 32.2. The summed E-state index contributed by atoms with van der Waals surface area (Å²) in [4.78, 5) is 26.2. The van der Waals surface area contributed by atoms with E-state index in [4.69, 9.17) is 4.74 Å². The van der Waals surface area contributed by atoms with Crippen LogP contribution in [0, 0.1) is 13.8 Å². The van der Waals surface area contributed by atoms with Crippen LogP contribution in [-0.4, -0.2) is 65.2 Å². The maximum atomic E-state index is 12.6. The van der Waals surface area contributed by atoms with Crippen LogP contribution in [0.3, 0.4) is 0 Å². The molecule has 0 unspecified atom stereocenters. The van der Waals surface area contributed by atoms with Gasteiger partial charge in [-0.05, 0) is 40.2 Å². The van der Waals surface area contributed by atoms with Gasteiger partial charge in [0.1, 0.15) is 0 Å². The Morgan fingerprint density at radius 2 is 2.07 bits per heavy atom. The molecule has 0 saturated carbocycles. The molecular weight excluding hydrogens is 370 g/mol. The minimum Gasteiger partial charge on any atom is -0.449 e. The molecule has 1 aliphatic heterocycles. The third-order valence-electron chi connectivity index (χ3n) is 4.86. The van der Waals surface area contributed by atoms with E-state index in [9.17, 15) is 18.0 Å². The molecular formula is C18H27N3O5S. The van der Waals surface area contributed by atoms with Crippen LogP contribution in [0.25, 0.3) is 6.08 Å². The zero-order valence-corrected chi connectivity index (χ0v) is 17.2. The highest BCUT2D eigenvalue weighted by Gasteiger charge is 2.36. The summed E-state index contributed by atoms with van der Waals surface area (Å²) in [7, 11) is -1.28. The maximum absolute atomic E-state index is 12.6. The Bertz CT molecular complexity index is 857. The van der Waals surface area contributed by atoms with Gasteiger partial charge < -0.3 is 9.64 Å². The number of ether oxygens (including phenoxy) is 1. The average molecular weight is 397 g/mol. The van der Waals surface area contributed by atoms with Gasteiger partial charge in [0.15, 0.2) is 15.9 Å². The number of amides is 1. The van der Waals surface area contributed by atoms with E-state index in [2.05, 4.69) is 5.10 Å². The van der Waals surface area contributed by atoms with Gasteiger partial charge in [-0.3, -0.25) is 9.48 Å². The van der Waals surface area contributed by atoms with Crippen molar-refractivity contribution >= 4 is 27.8 Å². The highest BCUT2D eigenvalue weighted by molar-refractivity contribution is 7.91. The van der Waals surface area contributed by atoms with E-state index in [1.807, 2.05) is 20.9 Å². The second-order valence-corrected chi connectivity index (χ2v) is 9.03. The summed E-state index contributed by atoms with van der Waals surface area (Å²) in [5.41, 5.74) is 2.54. The van der Waals surface area contributed by atoms with E-state index >= 15 is 0 Å². The summed E-state index contributed by atoms with van der Waals surface area (Å²) in [6, 6.07) is -0.357. The van der Waals surface area contributed by atoms with Crippen molar-refractivity contribution in [3.8, 4) is 0 Å². The number of hydrogen-bond acceptors (Lipinski definition) is 6. The van der Waals surface area contributed by atoms with Gasteiger partial charge >= 0.3 is 5.97 Å². The molecule has 0 N–H and O–H groups in total. The number of likely N-dealkylation sites (N-methyl/N-ethyl adjacent to an activating group) is 1. The Morgan fingerprint density at radius 1 is 1.41 bits per heavy atom. The van der Waals surface area contributed by atoms with Gasteiger partial charge in [-0.15, -0.1) is 0 Å². The fourth-order valence-corrected chi connectivity index (χ4v) is 5.03. The van der Waals surface area contributed by atoms with Crippen LogP contribution >= 0.6 is 0 Å². The molecule has 0 aliphatic carbocycles. The summed E-state index contributed by atoms with van der Waals surface area (Å²) in [5.74, 6) is -0.960. The summed E-state index contributed by atoms with van der Waals surface area (Å²) in [5, 5.41) is 4.27. The molecule has 0 aromatic carbocycles. The average Bonchev–Trinajstić information content (AvgIpc) is 3.05. The predicted molar refractivity (Wildman–Crippen MR) is 102 cm³/mol. The molecule has 1 aromatic heterocycles. The molecule has 2 atom stereocenters. The first-order valence-electron chi connectivity index (χ1n) is 8.95. The fourth-order valence-electron chi connectivity index (χ4n) is 3.30. The number of aryl methyl sites for hydroxylation is 2. The molecule has 0 spiro atoms. The van der Waals surface area contributed by atoms with Gasteiger partial charge in [0.05, 0.1) is 17.2 Å². The van der Waals surface area contributed by atoms with Crippen LogP contribution < -0.4 is 0 Å². The van der Waals surface area contributed by atoms with Crippen molar-refractivity contribution in [1.82, 2.24) is 14.7 Å². The lowest BCUT2D eigenvalue weighted by molar-refractivity contribution is -0.156. The van der Waals surface area contributed by atoms with E-state index in [1.165, 1.54) is 17.9 Å². The highest BCUT2D eigenvalue weighted by Crippen LogP contribution is 2.19. The van der Waals surface area contributed by atoms with Gasteiger partial charge in [0, 0.05) is 37.0 Å². The van der Waals surface area contributed by atoms with Gasteiger partial charge in [-0.1, -0.05) is 0 Å². The molecule has 1 aromatic rings. The minimum atomic E-state index is -3.10. The van der Waals surface area contributed by atoms with Crippen molar-refractivity contribution in [3.63, 3.8) is 0 Å². The number of nitrogens with zero attached hydrogens (tertiary/aromatic N) is 3. The largest absolute Gasteiger partial charge is 0.449 e. The molecule has 0 radical (unpaired) electrons. The lowest BCUT2D eigenvalue weighted by Gasteiger charge is -2.29. The first kappa shape index (κ1) is 21.1. The topological polar surface area (TPSA) is 98.6 Å². The Hall–Kier alpha value is -2.16. The summed E-state index contributed by atoms with van der Waals surface area (Å²) in [6.45, 7) is 7.39. The Morgan fingerprint density at radius 3 is 2.56 bits per heavy atom. The monoisotopic (exact) mass is 397 g/mol. The number of carbonyl (C=O) groups is 2. The van der Waals surface area contributed by atoms with Crippen molar-refractivity contribution in [1.29, 1.82) is 0 Å². The number of hydrogen-bond donors (Lipinski definition) is 0. The molecule has 2 rings (SSSR count). The normalized spacial score (nSPS) is 20.0. The smallest absolute Gasteiger partial charge is 0.331 e. The van der Waals surface area contributed by atoms with E-state index in [0.717, 1.165) is 17.0 Å². The van der Waals surface area contributed by atoms with Crippen LogP contribution in [0.5, 0.6) is 0 Å². The summed E-state index contributed by atoms with van der Waals surface area (Å²) < 4.78 is 30.3. The number of carbonyl (C=O) groups excluding carboxylic acids is 2. The third kappa shape index (κ3) is 4.97. The van der Waals surface area contributed by atoms with E-state index < -0.39 is 21.9 Å². The molecule has 1 aliphatic rings. The minimum absolute atomic E-state index is 0.0350. The molecule has 1 fully saturated rings. The van der Waals surface area contributed by atoms with Crippen molar-refractivity contribution in [3.05, 3.63) is 23.0 Å². The Labute approximate surface area is 160 Å². The summed E-state index contributed by atoms with van der Waals surface area (Å²) in [6.07, 6.45) is 2.33.